The van der Waals surface area contributed by atoms with Gasteiger partial charge in [0.15, 0.2) is 28.4 Å². The number of carbonyl (C=O) groups is 1. The van der Waals surface area contributed by atoms with Gasteiger partial charge in [0.05, 0.1) is 12.4 Å². The van der Waals surface area contributed by atoms with Gasteiger partial charge in [-0.15, -0.1) is 16.8 Å². The van der Waals surface area contributed by atoms with E-state index in [0.717, 1.165) is 23.4 Å². The van der Waals surface area contributed by atoms with Gasteiger partial charge < -0.3 is 4.74 Å². The van der Waals surface area contributed by atoms with E-state index in [1.54, 1.807) is 20.1 Å². The zero-order chi connectivity index (χ0) is 21.0. The first-order chi connectivity index (χ1) is 13.9. The van der Waals surface area contributed by atoms with Crippen molar-refractivity contribution >= 4 is 17.5 Å². The topological polar surface area (TPSA) is 57.0 Å². The number of benzene rings is 2. The molecule has 0 saturated carbocycles. The molecule has 2 aromatic carbocycles. The smallest absolute Gasteiger partial charge is 0.192 e. The van der Waals surface area contributed by atoms with Crippen molar-refractivity contribution in [1.29, 1.82) is 0 Å². The number of ether oxygens (including phenoxy) is 1. The number of aromatic nitrogens is 3. The summed E-state index contributed by atoms with van der Waals surface area (Å²) in [7, 11) is 1.59. The Morgan fingerprint density at radius 2 is 1.93 bits per heavy atom. The number of hydrogen-bond acceptors (Lipinski definition) is 5. The molecular weight excluding hydrogens is 396 g/mol. The summed E-state index contributed by atoms with van der Waals surface area (Å²) in [5.74, 6) is -1.01. The van der Waals surface area contributed by atoms with Crippen LogP contribution in [0.5, 0.6) is 5.75 Å². The lowest BCUT2D eigenvalue weighted by molar-refractivity contribution is 0.0993. The van der Waals surface area contributed by atoms with Crippen LogP contribution >= 0.6 is 11.8 Å². The summed E-state index contributed by atoms with van der Waals surface area (Å²) in [6.07, 6.45) is 1.71. The maximum Gasteiger partial charge on any atom is 0.192 e. The molecule has 0 fully saturated rings. The lowest BCUT2D eigenvalue weighted by atomic mass is 10.1. The van der Waals surface area contributed by atoms with Crippen molar-refractivity contribution in [3.05, 3.63) is 72.3 Å². The molecule has 0 bridgehead atoms. The maximum absolute atomic E-state index is 13.5. The molecule has 1 heterocycles. The average Bonchev–Trinajstić information content (AvgIpc) is 3.12. The number of halogens is 2. The van der Waals surface area contributed by atoms with Crippen LogP contribution in [-0.2, 0) is 6.54 Å². The number of allylic oxidation sites excluding steroid dienone is 1. The van der Waals surface area contributed by atoms with E-state index < -0.39 is 16.9 Å². The van der Waals surface area contributed by atoms with Gasteiger partial charge in [0.25, 0.3) is 0 Å². The second-order valence-corrected chi connectivity index (χ2v) is 7.50. The second kappa shape index (κ2) is 9.00. The SMILES string of the molecule is C=CCn1c(S[C@@H](C)C(=O)c2ccc(F)c(F)c2)nnc1-c1ccc(OC)cc1. The molecule has 8 heteroatoms. The summed E-state index contributed by atoms with van der Waals surface area (Å²) in [4.78, 5) is 12.6. The van der Waals surface area contributed by atoms with Crippen molar-refractivity contribution in [3.8, 4) is 17.1 Å². The second-order valence-electron chi connectivity index (χ2n) is 6.19. The van der Waals surface area contributed by atoms with Gasteiger partial charge in [-0.05, 0) is 49.4 Å². The van der Waals surface area contributed by atoms with Crippen LogP contribution in [0.15, 0.2) is 60.3 Å². The molecule has 0 aliphatic rings. The first-order valence-corrected chi connectivity index (χ1v) is 9.67. The quantitative estimate of drug-likeness (QED) is 0.301. The highest BCUT2D eigenvalue weighted by atomic mass is 32.2. The molecule has 3 rings (SSSR count). The fourth-order valence-corrected chi connectivity index (χ4v) is 3.65. The summed E-state index contributed by atoms with van der Waals surface area (Å²) in [6, 6.07) is 10.5. The minimum Gasteiger partial charge on any atom is -0.497 e. The van der Waals surface area contributed by atoms with Crippen molar-refractivity contribution in [1.82, 2.24) is 14.8 Å². The van der Waals surface area contributed by atoms with E-state index in [9.17, 15) is 13.6 Å². The Morgan fingerprint density at radius 1 is 1.21 bits per heavy atom. The molecule has 0 aliphatic carbocycles. The highest BCUT2D eigenvalue weighted by Crippen LogP contribution is 2.29. The highest BCUT2D eigenvalue weighted by Gasteiger charge is 2.22. The monoisotopic (exact) mass is 415 g/mol. The molecular formula is C21H19F2N3O2S. The van der Waals surface area contributed by atoms with Gasteiger partial charge in [-0.25, -0.2) is 8.78 Å². The molecule has 29 heavy (non-hydrogen) atoms. The molecule has 0 N–H and O–H groups in total. The molecule has 0 saturated heterocycles. The summed E-state index contributed by atoms with van der Waals surface area (Å²) in [6.45, 7) is 5.90. The van der Waals surface area contributed by atoms with E-state index in [1.165, 1.54) is 17.8 Å². The van der Waals surface area contributed by atoms with Gasteiger partial charge in [0.1, 0.15) is 5.75 Å². The molecule has 0 aliphatic heterocycles. The van der Waals surface area contributed by atoms with Crippen molar-refractivity contribution in [2.24, 2.45) is 0 Å². The number of thioether (sulfide) groups is 1. The third-order valence-corrected chi connectivity index (χ3v) is 5.31. The minimum absolute atomic E-state index is 0.106. The van der Waals surface area contributed by atoms with Crippen molar-refractivity contribution in [2.45, 2.75) is 23.9 Å². The van der Waals surface area contributed by atoms with Gasteiger partial charge >= 0.3 is 0 Å². The number of carbonyl (C=O) groups excluding carboxylic acids is 1. The molecule has 0 spiro atoms. The van der Waals surface area contributed by atoms with E-state index in [2.05, 4.69) is 16.8 Å². The predicted octanol–water partition coefficient (Wildman–Crippen LogP) is 4.78. The Morgan fingerprint density at radius 3 is 2.55 bits per heavy atom. The number of hydrogen-bond donors (Lipinski definition) is 0. The first-order valence-electron chi connectivity index (χ1n) is 8.79. The lowest BCUT2D eigenvalue weighted by Gasteiger charge is -2.12. The van der Waals surface area contributed by atoms with Gasteiger partial charge in [0.2, 0.25) is 0 Å². The Labute approximate surface area is 171 Å². The number of rotatable bonds is 8. The van der Waals surface area contributed by atoms with Crippen LogP contribution < -0.4 is 4.74 Å². The van der Waals surface area contributed by atoms with Crippen LogP contribution in [-0.4, -0.2) is 32.9 Å². The zero-order valence-electron chi connectivity index (χ0n) is 15.9. The molecule has 5 nitrogen and oxygen atoms in total. The number of Topliss-reactive ketones (excluding diaryl/α,β-unsaturated/α-hetero) is 1. The molecule has 0 radical (unpaired) electrons. The fraction of sp³-hybridized carbons (Fsp3) is 0.190. The first kappa shape index (κ1) is 20.7. The van der Waals surface area contributed by atoms with Crippen LogP contribution in [0.1, 0.15) is 17.3 Å². The van der Waals surface area contributed by atoms with Crippen molar-refractivity contribution < 1.29 is 18.3 Å². The van der Waals surface area contributed by atoms with E-state index >= 15 is 0 Å². The van der Waals surface area contributed by atoms with Crippen molar-refractivity contribution in [2.75, 3.05) is 7.11 Å². The summed E-state index contributed by atoms with van der Waals surface area (Å²) in [5, 5.41) is 8.42. The summed E-state index contributed by atoms with van der Waals surface area (Å²) < 4.78 is 33.6. The predicted molar refractivity (Wildman–Crippen MR) is 108 cm³/mol. The van der Waals surface area contributed by atoms with Crippen LogP contribution in [0.3, 0.4) is 0 Å². The van der Waals surface area contributed by atoms with E-state index in [-0.39, 0.29) is 11.3 Å². The van der Waals surface area contributed by atoms with E-state index in [1.807, 2.05) is 28.8 Å². The largest absolute Gasteiger partial charge is 0.497 e. The standard InChI is InChI=1S/C21H19F2N3O2S/c1-4-11-26-20(14-5-8-16(28-3)9-6-14)24-25-21(26)29-13(2)19(27)15-7-10-17(22)18(23)12-15/h4-10,12-13H,1,11H2,2-3H3/t13-/m0/s1. The molecule has 0 amide bonds. The Bertz CT molecular complexity index is 1030. The molecule has 150 valence electrons. The van der Waals surface area contributed by atoms with Gasteiger partial charge in [-0.1, -0.05) is 17.8 Å². The van der Waals surface area contributed by atoms with Crippen molar-refractivity contribution in [3.63, 3.8) is 0 Å². The van der Waals surface area contributed by atoms with Crippen LogP contribution in [0.2, 0.25) is 0 Å². The van der Waals surface area contributed by atoms with Gasteiger partial charge in [-0.3, -0.25) is 9.36 Å². The highest BCUT2D eigenvalue weighted by molar-refractivity contribution is 8.00. The summed E-state index contributed by atoms with van der Waals surface area (Å²) >= 11 is 1.20. The maximum atomic E-state index is 13.5. The number of nitrogens with zero attached hydrogens (tertiary/aromatic N) is 3. The Hall–Kier alpha value is -3.00. The molecule has 0 unspecified atom stereocenters. The number of methoxy groups -OCH3 is 1. The zero-order valence-corrected chi connectivity index (χ0v) is 16.7. The molecule has 1 aromatic heterocycles. The third kappa shape index (κ3) is 4.54. The minimum atomic E-state index is -1.05. The fourth-order valence-electron chi connectivity index (χ4n) is 2.72. The van der Waals surface area contributed by atoms with Crippen LogP contribution in [0.4, 0.5) is 8.78 Å². The Kier molecular flexibility index (Phi) is 6.43. The molecule has 1 atom stereocenters. The normalized spacial score (nSPS) is 11.9. The van der Waals surface area contributed by atoms with Crippen LogP contribution in [0, 0.1) is 11.6 Å². The summed E-state index contributed by atoms with van der Waals surface area (Å²) in [5.41, 5.74) is 0.945. The Balaban J connectivity index is 1.86. The van der Waals surface area contributed by atoms with E-state index in [4.69, 9.17) is 4.74 Å². The van der Waals surface area contributed by atoms with Gasteiger partial charge in [-0.2, -0.15) is 0 Å². The third-order valence-electron chi connectivity index (χ3n) is 4.23. The van der Waals surface area contributed by atoms with Gasteiger partial charge in [0, 0.05) is 17.7 Å². The van der Waals surface area contributed by atoms with Crippen LogP contribution in [0.25, 0.3) is 11.4 Å². The van der Waals surface area contributed by atoms with E-state index in [0.29, 0.717) is 17.5 Å². The number of ketones is 1. The molecule has 3 aromatic rings. The average molecular weight is 415 g/mol. The lowest BCUT2D eigenvalue weighted by Crippen LogP contribution is -2.15.